The molecule has 18 heavy (non-hydrogen) atoms. The lowest BCUT2D eigenvalue weighted by molar-refractivity contribution is 0.0941. The maximum absolute atomic E-state index is 11.8. The molecule has 0 spiro atoms. The third-order valence-electron chi connectivity index (χ3n) is 2.44. The van der Waals surface area contributed by atoms with Crippen molar-refractivity contribution in [1.29, 1.82) is 5.26 Å². The van der Waals surface area contributed by atoms with Gasteiger partial charge in [-0.2, -0.15) is 5.26 Å². The Balaban J connectivity index is 2.77. The number of benzene rings is 1. The summed E-state index contributed by atoms with van der Waals surface area (Å²) in [5.74, 6) is -0.0958. The Morgan fingerprint density at radius 2 is 2.22 bits per heavy atom. The molecule has 5 heteroatoms. The zero-order chi connectivity index (χ0) is 13.8. The minimum atomic E-state index is -0.641. The number of methoxy groups -OCH3 is 1. The first-order valence-electron chi connectivity index (χ1n) is 5.46. The van der Waals surface area contributed by atoms with Crippen molar-refractivity contribution in [2.75, 3.05) is 13.7 Å². The average molecular weight is 248 g/mol. The first-order valence-corrected chi connectivity index (χ1v) is 5.46. The van der Waals surface area contributed by atoms with E-state index in [-0.39, 0.29) is 17.9 Å². The minimum absolute atomic E-state index is 0.151. The van der Waals surface area contributed by atoms with Crippen molar-refractivity contribution in [1.82, 2.24) is 5.32 Å². The fraction of sp³-hybridized carbons (Fsp3) is 0.385. The van der Waals surface area contributed by atoms with Crippen LogP contribution in [-0.2, 0) is 0 Å². The van der Waals surface area contributed by atoms with E-state index in [0.717, 1.165) is 0 Å². The Kier molecular flexibility index (Phi) is 4.16. The van der Waals surface area contributed by atoms with Crippen LogP contribution in [0.3, 0.4) is 0 Å². The number of nitrogens with one attached hydrogen (secondary N) is 1. The number of hydrogen-bond donors (Lipinski definition) is 2. The molecule has 0 aromatic heterocycles. The number of nitriles is 1. The van der Waals surface area contributed by atoms with Crippen LogP contribution in [0.5, 0.6) is 11.5 Å². The summed E-state index contributed by atoms with van der Waals surface area (Å²) in [5.41, 5.74) is -0.484. The lowest BCUT2D eigenvalue weighted by Gasteiger charge is -2.16. The predicted octanol–water partition coefficient (Wildman–Crippen LogP) is 1.68. The molecule has 0 bridgehead atoms. The van der Waals surface area contributed by atoms with Crippen LogP contribution in [0.4, 0.5) is 0 Å². The predicted molar refractivity (Wildman–Crippen MR) is 66.4 cm³/mol. The molecule has 5 nitrogen and oxygen atoms in total. The number of hydrogen-bond acceptors (Lipinski definition) is 4. The molecule has 0 unspecified atom stereocenters. The molecule has 96 valence electrons. The number of nitrogens with zero attached hydrogens (tertiary/aromatic N) is 1. The molecule has 1 amide bonds. The lowest BCUT2D eigenvalue weighted by Crippen LogP contribution is -2.33. The third-order valence-corrected chi connectivity index (χ3v) is 2.44. The highest BCUT2D eigenvalue weighted by atomic mass is 16.5. The SMILES string of the molecule is COc1ccc(C(=O)NCC(C)(C)C#N)c(O)c1. The van der Waals surface area contributed by atoms with Crippen molar-refractivity contribution in [3.05, 3.63) is 23.8 Å². The quantitative estimate of drug-likeness (QED) is 0.849. The van der Waals surface area contributed by atoms with Crippen LogP contribution in [0.15, 0.2) is 18.2 Å². The number of ether oxygens (including phenoxy) is 1. The van der Waals surface area contributed by atoms with Gasteiger partial charge in [-0.3, -0.25) is 4.79 Å². The molecule has 0 aliphatic rings. The second-order valence-electron chi connectivity index (χ2n) is 4.56. The van der Waals surface area contributed by atoms with E-state index in [4.69, 9.17) is 10.00 Å². The molecule has 0 fully saturated rings. The van der Waals surface area contributed by atoms with Gasteiger partial charge in [0.15, 0.2) is 0 Å². The van der Waals surface area contributed by atoms with Crippen LogP contribution in [0.2, 0.25) is 0 Å². The number of carbonyl (C=O) groups is 1. The van der Waals surface area contributed by atoms with Crippen LogP contribution >= 0.6 is 0 Å². The van der Waals surface area contributed by atoms with Gasteiger partial charge in [-0.1, -0.05) is 0 Å². The Labute approximate surface area is 106 Å². The van der Waals surface area contributed by atoms with Crippen molar-refractivity contribution >= 4 is 5.91 Å². The Morgan fingerprint density at radius 1 is 1.56 bits per heavy atom. The summed E-state index contributed by atoms with van der Waals surface area (Å²) in [6, 6.07) is 6.51. The Bertz CT molecular complexity index is 489. The van der Waals surface area contributed by atoms with E-state index < -0.39 is 11.3 Å². The molecule has 2 N–H and O–H groups in total. The van der Waals surface area contributed by atoms with Crippen LogP contribution in [0, 0.1) is 16.7 Å². The van der Waals surface area contributed by atoms with Crippen LogP contribution in [0.25, 0.3) is 0 Å². The average Bonchev–Trinajstić information content (AvgIpc) is 2.36. The minimum Gasteiger partial charge on any atom is -0.507 e. The molecule has 1 aromatic carbocycles. The third kappa shape index (κ3) is 3.39. The summed E-state index contributed by atoms with van der Waals surface area (Å²) in [7, 11) is 1.48. The van der Waals surface area contributed by atoms with E-state index in [9.17, 15) is 9.90 Å². The molecular formula is C13H16N2O3. The van der Waals surface area contributed by atoms with E-state index >= 15 is 0 Å². The maximum Gasteiger partial charge on any atom is 0.255 e. The first-order chi connectivity index (χ1) is 8.39. The fourth-order valence-electron chi connectivity index (χ4n) is 1.27. The summed E-state index contributed by atoms with van der Waals surface area (Å²) in [6.07, 6.45) is 0. The van der Waals surface area contributed by atoms with E-state index in [1.807, 2.05) is 0 Å². The zero-order valence-electron chi connectivity index (χ0n) is 10.7. The topological polar surface area (TPSA) is 82.3 Å². The first kappa shape index (κ1) is 13.8. The van der Waals surface area contributed by atoms with Gasteiger partial charge in [0.2, 0.25) is 0 Å². The van der Waals surface area contributed by atoms with Gasteiger partial charge < -0.3 is 15.2 Å². The summed E-state index contributed by atoms with van der Waals surface area (Å²) >= 11 is 0. The largest absolute Gasteiger partial charge is 0.507 e. The van der Waals surface area contributed by atoms with Gasteiger partial charge in [0.05, 0.1) is 24.2 Å². The number of phenols is 1. The van der Waals surface area contributed by atoms with Crippen molar-refractivity contribution in [3.63, 3.8) is 0 Å². The van der Waals surface area contributed by atoms with E-state index in [0.29, 0.717) is 5.75 Å². The van der Waals surface area contributed by atoms with Gasteiger partial charge in [-0.15, -0.1) is 0 Å². The van der Waals surface area contributed by atoms with Gasteiger partial charge in [-0.05, 0) is 26.0 Å². The van der Waals surface area contributed by atoms with Gasteiger partial charge in [0.1, 0.15) is 11.5 Å². The molecule has 0 radical (unpaired) electrons. The molecule has 0 heterocycles. The van der Waals surface area contributed by atoms with Crippen molar-refractivity contribution in [2.24, 2.45) is 5.41 Å². The number of rotatable bonds is 4. The van der Waals surface area contributed by atoms with Gasteiger partial charge in [-0.25, -0.2) is 0 Å². The summed E-state index contributed by atoms with van der Waals surface area (Å²) in [4.78, 5) is 11.8. The molecule has 1 aromatic rings. The van der Waals surface area contributed by atoms with Crippen molar-refractivity contribution < 1.29 is 14.6 Å². The van der Waals surface area contributed by atoms with E-state index in [1.54, 1.807) is 19.9 Å². The number of aromatic hydroxyl groups is 1. The highest BCUT2D eigenvalue weighted by Crippen LogP contribution is 2.23. The highest BCUT2D eigenvalue weighted by molar-refractivity contribution is 5.97. The molecule has 0 saturated heterocycles. The van der Waals surface area contributed by atoms with Crippen molar-refractivity contribution in [3.8, 4) is 17.6 Å². The second-order valence-corrected chi connectivity index (χ2v) is 4.56. The molecule has 0 aliphatic heterocycles. The van der Waals surface area contributed by atoms with Crippen LogP contribution in [0.1, 0.15) is 24.2 Å². The fourth-order valence-corrected chi connectivity index (χ4v) is 1.27. The Morgan fingerprint density at radius 3 is 2.72 bits per heavy atom. The number of phenolic OH excluding ortho intramolecular Hbond substituents is 1. The monoisotopic (exact) mass is 248 g/mol. The summed E-state index contributed by atoms with van der Waals surface area (Å²) < 4.78 is 4.93. The molecular weight excluding hydrogens is 232 g/mol. The van der Waals surface area contributed by atoms with Gasteiger partial charge >= 0.3 is 0 Å². The van der Waals surface area contributed by atoms with Crippen LogP contribution in [-0.4, -0.2) is 24.7 Å². The highest BCUT2D eigenvalue weighted by Gasteiger charge is 2.19. The molecule has 0 atom stereocenters. The normalized spacial score (nSPS) is 10.6. The maximum atomic E-state index is 11.8. The molecule has 0 saturated carbocycles. The van der Waals surface area contributed by atoms with Gasteiger partial charge in [0.25, 0.3) is 5.91 Å². The molecule has 1 rings (SSSR count). The molecule has 0 aliphatic carbocycles. The standard InChI is InChI=1S/C13H16N2O3/c1-13(2,7-14)8-15-12(17)10-5-4-9(18-3)6-11(10)16/h4-6,16H,8H2,1-3H3,(H,15,17). The number of amides is 1. The Hall–Kier alpha value is -2.22. The van der Waals surface area contributed by atoms with E-state index in [1.165, 1.54) is 19.2 Å². The number of carbonyl (C=O) groups excluding carboxylic acids is 1. The smallest absolute Gasteiger partial charge is 0.255 e. The summed E-state index contributed by atoms with van der Waals surface area (Å²) in [5, 5.41) is 21.1. The van der Waals surface area contributed by atoms with E-state index in [2.05, 4.69) is 11.4 Å². The van der Waals surface area contributed by atoms with Crippen molar-refractivity contribution in [2.45, 2.75) is 13.8 Å². The van der Waals surface area contributed by atoms with Crippen LogP contribution < -0.4 is 10.1 Å². The summed E-state index contributed by atoms with van der Waals surface area (Å²) in [6.45, 7) is 3.66. The second kappa shape index (κ2) is 5.41. The lowest BCUT2D eigenvalue weighted by atomic mass is 9.96. The van der Waals surface area contributed by atoms with Gasteiger partial charge in [0, 0.05) is 12.6 Å². The zero-order valence-corrected chi connectivity index (χ0v) is 10.7.